The van der Waals surface area contributed by atoms with Crippen molar-refractivity contribution in [2.24, 2.45) is 11.0 Å². The molecule has 0 saturated carbocycles. The Balaban J connectivity index is 3.57. The van der Waals surface area contributed by atoms with Gasteiger partial charge in [-0.1, -0.05) is 19.0 Å². The molecule has 0 aliphatic rings. The van der Waals surface area contributed by atoms with Crippen molar-refractivity contribution in [3.63, 3.8) is 0 Å². The number of rotatable bonds is 7. The second kappa shape index (κ2) is 8.38. The van der Waals surface area contributed by atoms with Crippen LogP contribution in [0, 0.1) is 5.92 Å². The van der Waals surface area contributed by atoms with E-state index in [1.807, 2.05) is 13.8 Å². The fourth-order valence-electron chi connectivity index (χ4n) is 1.21. The van der Waals surface area contributed by atoms with Crippen LogP contribution in [0.3, 0.4) is 0 Å². The van der Waals surface area contributed by atoms with Crippen LogP contribution in [0.4, 0.5) is 0 Å². The summed E-state index contributed by atoms with van der Waals surface area (Å²) in [5.74, 6) is 0.227. The molecule has 5 heteroatoms. The Hall–Kier alpha value is -1.22. The second-order valence-electron chi connectivity index (χ2n) is 3.11. The van der Waals surface area contributed by atoms with Crippen molar-refractivity contribution in [2.75, 3.05) is 13.1 Å². The summed E-state index contributed by atoms with van der Waals surface area (Å²) in [4.78, 5) is 14.1. The van der Waals surface area contributed by atoms with E-state index in [4.69, 9.17) is 5.53 Å². The molecule has 0 heterocycles. The Morgan fingerprint density at radius 3 is 2.64 bits per heavy atom. The minimum atomic E-state index is 0.107. The SMILES string of the molecule is CCC(CC)C(=O)NCCCN=[N+]=[N-]. The zero-order valence-corrected chi connectivity index (χ0v) is 8.86. The van der Waals surface area contributed by atoms with Crippen molar-refractivity contribution in [1.29, 1.82) is 0 Å². The summed E-state index contributed by atoms with van der Waals surface area (Å²) in [6.07, 6.45) is 2.45. The lowest BCUT2D eigenvalue weighted by molar-refractivity contribution is -0.125. The maximum absolute atomic E-state index is 11.4. The molecular formula is C9H18N4O. The number of amides is 1. The molecule has 0 saturated heterocycles. The van der Waals surface area contributed by atoms with Crippen LogP contribution in [0.5, 0.6) is 0 Å². The number of carbonyl (C=O) groups excluding carboxylic acids is 1. The third-order valence-electron chi connectivity index (χ3n) is 2.15. The van der Waals surface area contributed by atoms with Crippen molar-refractivity contribution < 1.29 is 4.79 Å². The van der Waals surface area contributed by atoms with Crippen LogP contribution in [0.1, 0.15) is 33.1 Å². The van der Waals surface area contributed by atoms with Gasteiger partial charge in [0.15, 0.2) is 0 Å². The monoisotopic (exact) mass is 198 g/mol. The lowest BCUT2D eigenvalue weighted by Gasteiger charge is -2.11. The minimum absolute atomic E-state index is 0.107. The van der Waals surface area contributed by atoms with Gasteiger partial charge in [-0.2, -0.15) is 0 Å². The van der Waals surface area contributed by atoms with Crippen LogP contribution >= 0.6 is 0 Å². The number of hydrogen-bond acceptors (Lipinski definition) is 2. The van der Waals surface area contributed by atoms with Crippen LogP contribution in [0.15, 0.2) is 5.11 Å². The molecule has 0 bridgehead atoms. The molecule has 0 aliphatic heterocycles. The Labute approximate surface area is 84.5 Å². The molecular weight excluding hydrogens is 180 g/mol. The highest BCUT2D eigenvalue weighted by Crippen LogP contribution is 2.06. The highest BCUT2D eigenvalue weighted by atomic mass is 16.1. The van der Waals surface area contributed by atoms with E-state index < -0.39 is 0 Å². The smallest absolute Gasteiger partial charge is 0.223 e. The van der Waals surface area contributed by atoms with Gasteiger partial charge in [0.1, 0.15) is 0 Å². The molecule has 0 radical (unpaired) electrons. The van der Waals surface area contributed by atoms with Crippen molar-refractivity contribution >= 4 is 5.91 Å². The lowest BCUT2D eigenvalue weighted by atomic mass is 10.0. The third-order valence-corrected chi connectivity index (χ3v) is 2.15. The second-order valence-corrected chi connectivity index (χ2v) is 3.11. The van der Waals surface area contributed by atoms with Gasteiger partial charge in [-0.25, -0.2) is 0 Å². The fraction of sp³-hybridized carbons (Fsp3) is 0.889. The van der Waals surface area contributed by atoms with Gasteiger partial charge in [0.25, 0.3) is 0 Å². The topological polar surface area (TPSA) is 77.9 Å². The van der Waals surface area contributed by atoms with E-state index in [9.17, 15) is 4.79 Å². The van der Waals surface area contributed by atoms with Gasteiger partial charge in [-0.3, -0.25) is 4.79 Å². The maximum Gasteiger partial charge on any atom is 0.223 e. The summed E-state index contributed by atoms with van der Waals surface area (Å²) in [7, 11) is 0. The van der Waals surface area contributed by atoms with Crippen LogP contribution in [-0.2, 0) is 4.79 Å². The standard InChI is InChI=1S/C9H18N4O/c1-3-8(4-2)9(14)11-6-5-7-12-13-10/h8H,3-7H2,1-2H3,(H,11,14). The zero-order chi connectivity index (χ0) is 10.8. The summed E-state index contributed by atoms with van der Waals surface area (Å²) in [5.41, 5.74) is 8.01. The molecule has 80 valence electrons. The molecule has 1 amide bonds. The van der Waals surface area contributed by atoms with E-state index in [0.717, 1.165) is 12.8 Å². The Bertz CT molecular complexity index is 207. The molecule has 0 aliphatic carbocycles. The van der Waals surface area contributed by atoms with Gasteiger partial charge in [0.2, 0.25) is 5.91 Å². The summed E-state index contributed by atoms with van der Waals surface area (Å²) in [6, 6.07) is 0. The van der Waals surface area contributed by atoms with E-state index in [-0.39, 0.29) is 11.8 Å². The molecule has 0 aromatic carbocycles. The minimum Gasteiger partial charge on any atom is -0.356 e. The molecule has 0 rings (SSSR count). The molecule has 14 heavy (non-hydrogen) atoms. The van der Waals surface area contributed by atoms with Gasteiger partial charge in [0.05, 0.1) is 0 Å². The summed E-state index contributed by atoms with van der Waals surface area (Å²) in [5, 5.41) is 6.20. The number of hydrogen-bond donors (Lipinski definition) is 1. The van der Waals surface area contributed by atoms with Crippen molar-refractivity contribution in [3.05, 3.63) is 10.4 Å². The fourth-order valence-corrected chi connectivity index (χ4v) is 1.21. The molecule has 1 N–H and O–H groups in total. The average molecular weight is 198 g/mol. The Morgan fingerprint density at radius 1 is 1.50 bits per heavy atom. The van der Waals surface area contributed by atoms with Gasteiger partial charge in [0, 0.05) is 23.9 Å². The largest absolute Gasteiger partial charge is 0.356 e. The molecule has 0 atom stereocenters. The number of azide groups is 1. The molecule has 0 fully saturated rings. The van der Waals surface area contributed by atoms with Gasteiger partial charge < -0.3 is 5.32 Å². The van der Waals surface area contributed by atoms with Crippen molar-refractivity contribution in [1.82, 2.24) is 5.32 Å². The van der Waals surface area contributed by atoms with Crippen molar-refractivity contribution in [3.8, 4) is 0 Å². The number of nitrogens with one attached hydrogen (secondary N) is 1. The van der Waals surface area contributed by atoms with E-state index >= 15 is 0 Å². The first-order valence-corrected chi connectivity index (χ1v) is 5.04. The highest BCUT2D eigenvalue weighted by Gasteiger charge is 2.12. The highest BCUT2D eigenvalue weighted by molar-refractivity contribution is 5.78. The lowest BCUT2D eigenvalue weighted by Crippen LogP contribution is -2.31. The number of nitrogens with zero attached hydrogens (tertiary/aromatic N) is 3. The molecule has 0 spiro atoms. The van der Waals surface area contributed by atoms with E-state index in [1.165, 1.54) is 0 Å². The zero-order valence-electron chi connectivity index (χ0n) is 8.86. The van der Waals surface area contributed by atoms with Crippen LogP contribution in [0.25, 0.3) is 10.4 Å². The van der Waals surface area contributed by atoms with Gasteiger partial charge >= 0.3 is 0 Å². The molecule has 0 unspecified atom stereocenters. The maximum atomic E-state index is 11.4. The average Bonchev–Trinajstić information content (AvgIpc) is 2.19. The Kier molecular flexibility index (Phi) is 7.65. The van der Waals surface area contributed by atoms with Crippen molar-refractivity contribution in [2.45, 2.75) is 33.1 Å². The molecule has 5 nitrogen and oxygen atoms in total. The Morgan fingerprint density at radius 2 is 2.14 bits per heavy atom. The van der Waals surface area contributed by atoms with Gasteiger partial charge in [-0.05, 0) is 24.8 Å². The first-order valence-electron chi connectivity index (χ1n) is 5.04. The normalized spacial score (nSPS) is 9.64. The summed E-state index contributed by atoms with van der Waals surface area (Å²) < 4.78 is 0. The quantitative estimate of drug-likeness (QED) is 0.289. The summed E-state index contributed by atoms with van der Waals surface area (Å²) in [6.45, 7) is 5.05. The molecule has 0 aromatic rings. The van der Waals surface area contributed by atoms with E-state index in [2.05, 4.69) is 15.3 Å². The van der Waals surface area contributed by atoms with E-state index in [1.54, 1.807) is 0 Å². The first-order chi connectivity index (χ1) is 6.76. The van der Waals surface area contributed by atoms with Crippen LogP contribution in [0.2, 0.25) is 0 Å². The van der Waals surface area contributed by atoms with Crippen LogP contribution < -0.4 is 5.32 Å². The van der Waals surface area contributed by atoms with E-state index in [0.29, 0.717) is 19.5 Å². The first kappa shape index (κ1) is 12.8. The third kappa shape index (κ3) is 5.43. The summed E-state index contributed by atoms with van der Waals surface area (Å²) >= 11 is 0. The predicted octanol–water partition coefficient (Wildman–Crippen LogP) is 2.24. The molecule has 0 aromatic heterocycles. The van der Waals surface area contributed by atoms with Gasteiger partial charge in [-0.15, -0.1) is 0 Å². The van der Waals surface area contributed by atoms with Crippen LogP contribution in [-0.4, -0.2) is 19.0 Å². The number of carbonyl (C=O) groups is 1. The predicted molar refractivity (Wildman–Crippen MR) is 55.7 cm³/mol.